The molecule has 3 heteroatoms. The average Bonchev–Trinajstić information content (AvgIpc) is 3.01. The summed E-state index contributed by atoms with van der Waals surface area (Å²) in [4.78, 5) is 14.5. The Morgan fingerprint density at radius 1 is 1.25 bits per heavy atom. The van der Waals surface area contributed by atoms with Gasteiger partial charge in [-0.1, -0.05) is 24.3 Å². The first kappa shape index (κ1) is 14.0. The van der Waals surface area contributed by atoms with Gasteiger partial charge in [0.25, 0.3) is 0 Å². The Hall–Kier alpha value is -0.960. The molecule has 0 spiro atoms. The molecule has 1 saturated heterocycles. The molecule has 3 rings (SSSR count). The maximum Gasteiger partial charge on any atom is 0.235 e. The van der Waals surface area contributed by atoms with E-state index >= 15 is 0 Å². The molecule has 1 aromatic rings. The Balaban J connectivity index is 1.67. The van der Waals surface area contributed by atoms with Gasteiger partial charge in [-0.2, -0.15) is 0 Å². The molecule has 0 bridgehead atoms. The van der Waals surface area contributed by atoms with E-state index in [4.69, 9.17) is 0 Å². The zero-order valence-electron chi connectivity index (χ0n) is 12.2. The highest BCUT2D eigenvalue weighted by Gasteiger charge is 2.28. The normalized spacial score (nSPS) is 23.4. The molecule has 0 saturated carbocycles. The topological polar surface area (TPSA) is 20.3 Å². The highest BCUT2D eigenvalue weighted by atomic mass is 32.2. The fraction of sp³-hybridized carbons (Fsp3) is 0.588. The molecular weight excluding hydrogens is 266 g/mol. The molecule has 1 aliphatic heterocycles. The molecule has 0 unspecified atom stereocenters. The number of fused-ring (bicyclic) bond motifs is 1. The van der Waals surface area contributed by atoms with E-state index in [0.29, 0.717) is 11.2 Å². The summed E-state index contributed by atoms with van der Waals surface area (Å²) in [5.41, 5.74) is 2.95. The van der Waals surface area contributed by atoms with E-state index in [1.165, 1.54) is 43.2 Å². The smallest absolute Gasteiger partial charge is 0.235 e. The van der Waals surface area contributed by atoms with E-state index in [9.17, 15) is 4.79 Å². The van der Waals surface area contributed by atoms with Crippen molar-refractivity contribution in [2.24, 2.45) is 0 Å². The number of benzene rings is 1. The second-order valence-corrected chi connectivity index (χ2v) is 7.44. The zero-order chi connectivity index (χ0) is 13.9. The molecule has 108 valence electrons. The number of likely N-dealkylation sites (tertiary alicyclic amines) is 1. The van der Waals surface area contributed by atoms with Crippen LogP contribution in [0.25, 0.3) is 0 Å². The van der Waals surface area contributed by atoms with Crippen LogP contribution in [0, 0.1) is 0 Å². The van der Waals surface area contributed by atoms with E-state index < -0.39 is 0 Å². The molecular formula is C17H23NOS. The monoisotopic (exact) mass is 289 g/mol. The summed E-state index contributed by atoms with van der Waals surface area (Å²) in [6.07, 6.45) is 6.01. The third kappa shape index (κ3) is 2.88. The van der Waals surface area contributed by atoms with E-state index in [2.05, 4.69) is 31.2 Å². The van der Waals surface area contributed by atoms with Gasteiger partial charge in [0.15, 0.2) is 0 Å². The third-order valence-electron chi connectivity index (χ3n) is 4.45. The highest BCUT2D eigenvalue weighted by Crippen LogP contribution is 2.42. The van der Waals surface area contributed by atoms with Crippen molar-refractivity contribution in [2.45, 2.75) is 49.5 Å². The van der Waals surface area contributed by atoms with Crippen LogP contribution in [-0.4, -0.2) is 29.1 Å². The predicted octanol–water partition coefficient (Wildman–Crippen LogP) is 3.81. The van der Waals surface area contributed by atoms with Gasteiger partial charge < -0.3 is 4.90 Å². The summed E-state index contributed by atoms with van der Waals surface area (Å²) in [6.45, 7) is 4.01. The number of carbonyl (C=O) groups is 1. The summed E-state index contributed by atoms with van der Waals surface area (Å²) >= 11 is 1.87. The maximum absolute atomic E-state index is 12.4. The van der Waals surface area contributed by atoms with Gasteiger partial charge in [-0.15, -0.1) is 11.8 Å². The van der Waals surface area contributed by atoms with E-state index in [1.807, 2.05) is 16.7 Å². The lowest BCUT2D eigenvalue weighted by Gasteiger charge is -2.28. The van der Waals surface area contributed by atoms with Gasteiger partial charge >= 0.3 is 0 Å². The first-order valence-electron chi connectivity index (χ1n) is 7.78. The van der Waals surface area contributed by atoms with Crippen LogP contribution in [0.2, 0.25) is 0 Å². The number of nitrogens with zero attached hydrogens (tertiary/aromatic N) is 1. The van der Waals surface area contributed by atoms with Crippen molar-refractivity contribution in [3.05, 3.63) is 35.4 Å². The van der Waals surface area contributed by atoms with Crippen LogP contribution in [0.15, 0.2) is 24.3 Å². The lowest BCUT2D eigenvalue weighted by molar-refractivity contribution is -0.129. The Morgan fingerprint density at radius 2 is 2.00 bits per heavy atom. The van der Waals surface area contributed by atoms with Crippen molar-refractivity contribution >= 4 is 17.7 Å². The van der Waals surface area contributed by atoms with Crippen LogP contribution >= 0.6 is 11.8 Å². The quantitative estimate of drug-likeness (QED) is 0.843. The van der Waals surface area contributed by atoms with Crippen LogP contribution in [0.4, 0.5) is 0 Å². The summed E-state index contributed by atoms with van der Waals surface area (Å²) in [5.74, 6) is 0.343. The SMILES string of the molecule is C[C@H](S[C@H]1CCCc2ccccc21)C(=O)N1CCCC1. The van der Waals surface area contributed by atoms with Gasteiger partial charge in [-0.25, -0.2) is 0 Å². The molecule has 1 fully saturated rings. The number of rotatable bonds is 3. The molecule has 1 aliphatic carbocycles. The van der Waals surface area contributed by atoms with Crippen molar-refractivity contribution in [1.29, 1.82) is 0 Å². The number of thioether (sulfide) groups is 1. The summed E-state index contributed by atoms with van der Waals surface area (Å²) in [5, 5.41) is 0.589. The van der Waals surface area contributed by atoms with E-state index in [1.54, 1.807) is 0 Å². The lowest BCUT2D eigenvalue weighted by Crippen LogP contribution is -2.34. The zero-order valence-corrected chi connectivity index (χ0v) is 13.0. The van der Waals surface area contributed by atoms with Crippen LogP contribution in [0.5, 0.6) is 0 Å². The molecule has 1 heterocycles. The van der Waals surface area contributed by atoms with Crippen molar-refractivity contribution in [3.63, 3.8) is 0 Å². The predicted molar refractivity (Wildman–Crippen MR) is 85.0 cm³/mol. The van der Waals surface area contributed by atoms with Gasteiger partial charge in [-0.3, -0.25) is 4.79 Å². The molecule has 2 aliphatic rings. The Kier molecular flexibility index (Phi) is 4.35. The molecule has 1 aromatic carbocycles. The minimum Gasteiger partial charge on any atom is -0.342 e. The minimum absolute atomic E-state index is 0.0873. The van der Waals surface area contributed by atoms with Crippen molar-refractivity contribution in [1.82, 2.24) is 4.90 Å². The number of hydrogen-bond acceptors (Lipinski definition) is 2. The second-order valence-electron chi connectivity index (χ2n) is 5.89. The summed E-state index contributed by atoms with van der Waals surface area (Å²) < 4.78 is 0. The Morgan fingerprint density at radius 3 is 2.80 bits per heavy atom. The Labute approximate surface area is 125 Å². The molecule has 2 atom stereocenters. The van der Waals surface area contributed by atoms with Crippen LogP contribution in [0.3, 0.4) is 0 Å². The highest BCUT2D eigenvalue weighted by molar-refractivity contribution is 8.00. The van der Waals surface area contributed by atoms with Gasteiger partial charge in [0.05, 0.1) is 5.25 Å². The van der Waals surface area contributed by atoms with Gasteiger partial charge in [0, 0.05) is 18.3 Å². The molecule has 1 amide bonds. The maximum atomic E-state index is 12.4. The van der Waals surface area contributed by atoms with E-state index in [0.717, 1.165) is 13.1 Å². The summed E-state index contributed by atoms with van der Waals surface area (Å²) in [7, 11) is 0. The lowest BCUT2D eigenvalue weighted by atomic mass is 9.91. The van der Waals surface area contributed by atoms with Crippen molar-refractivity contribution in [3.8, 4) is 0 Å². The minimum atomic E-state index is 0.0873. The largest absolute Gasteiger partial charge is 0.342 e. The third-order valence-corrected chi connectivity index (χ3v) is 5.88. The fourth-order valence-corrected chi connectivity index (χ4v) is 4.79. The number of carbonyl (C=O) groups excluding carboxylic acids is 1. The number of amides is 1. The summed E-state index contributed by atoms with van der Waals surface area (Å²) in [6, 6.07) is 8.75. The number of hydrogen-bond donors (Lipinski definition) is 0. The first-order valence-corrected chi connectivity index (χ1v) is 8.72. The van der Waals surface area contributed by atoms with Crippen LogP contribution < -0.4 is 0 Å². The molecule has 20 heavy (non-hydrogen) atoms. The van der Waals surface area contributed by atoms with Crippen LogP contribution in [-0.2, 0) is 11.2 Å². The van der Waals surface area contributed by atoms with Crippen LogP contribution in [0.1, 0.15) is 49.0 Å². The first-order chi connectivity index (χ1) is 9.75. The fourth-order valence-electron chi connectivity index (χ4n) is 3.35. The van der Waals surface area contributed by atoms with Gasteiger partial charge in [-0.05, 0) is 50.2 Å². The second kappa shape index (κ2) is 6.21. The Bertz CT molecular complexity index is 482. The average molecular weight is 289 g/mol. The van der Waals surface area contributed by atoms with Crippen molar-refractivity contribution < 1.29 is 4.79 Å². The van der Waals surface area contributed by atoms with Gasteiger partial charge in [0.1, 0.15) is 0 Å². The number of aryl methyl sites for hydroxylation is 1. The molecule has 0 aromatic heterocycles. The van der Waals surface area contributed by atoms with E-state index in [-0.39, 0.29) is 5.25 Å². The van der Waals surface area contributed by atoms with Crippen molar-refractivity contribution in [2.75, 3.05) is 13.1 Å². The molecule has 0 N–H and O–H groups in total. The van der Waals surface area contributed by atoms with Gasteiger partial charge in [0.2, 0.25) is 5.91 Å². The standard InChI is InChI=1S/C17H23NOS/c1-13(17(19)18-11-4-5-12-18)20-16-10-6-8-14-7-2-3-9-15(14)16/h2-3,7,9,13,16H,4-6,8,10-12H2,1H3/t13-,16-/m0/s1. The molecule has 2 nitrogen and oxygen atoms in total. The molecule has 0 radical (unpaired) electrons.